The summed E-state index contributed by atoms with van der Waals surface area (Å²) in [6.07, 6.45) is 119. The molecular formula is C112H194CaO14S2. The number of allylic oxidation sites excluding steroid dienone is 8. The van der Waals surface area contributed by atoms with Gasteiger partial charge in [-0.25, -0.2) is 36.0 Å². The molecule has 0 aliphatic rings. The van der Waals surface area contributed by atoms with Gasteiger partial charge in [0.2, 0.25) is 0 Å². The molecule has 0 saturated heterocycles. The first-order valence-electron chi connectivity index (χ1n) is 54.1. The van der Waals surface area contributed by atoms with Gasteiger partial charge < -0.3 is 28.1 Å². The fourth-order valence-corrected chi connectivity index (χ4v) is 18.3. The Kier molecular flexibility index (Phi) is 93.3. The quantitative estimate of drug-likeness (QED) is 0.0150. The van der Waals surface area contributed by atoms with E-state index < -0.39 is 65.0 Å². The number of esters is 4. The van der Waals surface area contributed by atoms with Crippen LogP contribution in [0.4, 0.5) is 0 Å². The summed E-state index contributed by atoms with van der Waals surface area (Å²) in [6.45, 7) is 9.40. The maximum Gasteiger partial charge on any atom is 2.00 e. The van der Waals surface area contributed by atoms with E-state index in [2.05, 4.69) is 76.3 Å². The Hall–Kier alpha value is -3.64. The molecule has 0 atom stereocenters. The Morgan fingerprint density at radius 1 is 0.217 bits per heavy atom. The third-order valence-electron chi connectivity index (χ3n) is 25.0. The SMILES string of the molecule is CCCCCCCCCCCCCCCCCCC/C=C/CCCOC(=O)c1cccc(S(=O)(=O)[O-])c1C(=O)OCCC/C=C/CCCCCCCCCCCCCCCCCCC.CCCCCCCCCCCCCCCCCCC/C=C/CCCOC(=O)c1cccc(S(=O)(=O)[O-])c1C(=O)OCCC/C=C/CCCCCCCCCCCCCCCCCCC.[Ca+2]. The van der Waals surface area contributed by atoms with Crippen LogP contribution >= 0.6 is 0 Å². The van der Waals surface area contributed by atoms with Crippen molar-refractivity contribution in [2.75, 3.05) is 26.4 Å². The Morgan fingerprint density at radius 2 is 0.357 bits per heavy atom. The van der Waals surface area contributed by atoms with E-state index in [9.17, 15) is 45.1 Å². The summed E-state index contributed by atoms with van der Waals surface area (Å²) >= 11 is 0. The zero-order chi connectivity index (χ0) is 92.9. The van der Waals surface area contributed by atoms with E-state index in [4.69, 9.17) is 18.9 Å². The van der Waals surface area contributed by atoms with Gasteiger partial charge in [-0.1, -0.05) is 499 Å². The van der Waals surface area contributed by atoms with Gasteiger partial charge in [0.25, 0.3) is 0 Å². The van der Waals surface area contributed by atoms with Gasteiger partial charge in [0.1, 0.15) is 20.2 Å². The molecule has 0 amide bonds. The van der Waals surface area contributed by atoms with Gasteiger partial charge >= 0.3 is 61.6 Å². The van der Waals surface area contributed by atoms with Gasteiger partial charge in [-0.05, 0) is 127 Å². The molecule has 129 heavy (non-hydrogen) atoms. The molecule has 2 rings (SSSR count). The summed E-state index contributed by atoms with van der Waals surface area (Å²) in [6, 6.07) is 7.20. The Balaban J connectivity index is 0.00000252. The van der Waals surface area contributed by atoms with Crippen LogP contribution in [-0.4, -0.2) is 114 Å². The van der Waals surface area contributed by atoms with E-state index in [1.807, 2.05) is 0 Å². The normalized spacial score (nSPS) is 11.8. The van der Waals surface area contributed by atoms with Gasteiger partial charge in [-0.2, -0.15) is 0 Å². The number of benzene rings is 2. The zero-order valence-corrected chi connectivity index (χ0v) is 87.6. The third-order valence-corrected chi connectivity index (χ3v) is 26.8. The van der Waals surface area contributed by atoms with E-state index in [1.54, 1.807) is 0 Å². The number of ether oxygens (including phenoxy) is 4. The number of hydrogen-bond donors (Lipinski definition) is 0. The first-order chi connectivity index (χ1) is 62.6. The van der Waals surface area contributed by atoms with Crippen LogP contribution in [0.1, 0.15) is 583 Å². The van der Waals surface area contributed by atoms with Crippen molar-refractivity contribution in [2.45, 2.75) is 551 Å². The molecule has 0 radical (unpaired) electrons. The van der Waals surface area contributed by atoms with E-state index >= 15 is 0 Å². The zero-order valence-electron chi connectivity index (χ0n) is 83.7. The molecule has 0 spiro atoms. The van der Waals surface area contributed by atoms with Crippen LogP contribution in [-0.2, 0) is 39.2 Å². The van der Waals surface area contributed by atoms with Crippen molar-refractivity contribution in [2.24, 2.45) is 0 Å². The summed E-state index contributed by atoms with van der Waals surface area (Å²) < 4.78 is 93.8. The molecule has 2 aromatic carbocycles. The molecule has 0 bridgehead atoms. The molecule has 0 aliphatic heterocycles. The van der Waals surface area contributed by atoms with Crippen molar-refractivity contribution in [1.82, 2.24) is 0 Å². The van der Waals surface area contributed by atoms with Gasteiger partial charge in [0, 0.05) is 0 Å². The number of hydrogen-bond acceptors (Lipinski definition) is 14. The van der Waals surface area contributed by atoms with E-state index in [-0.39, 0.29) is 75.3 Å². The van der Waals surface area contributed by atoms with E-state index in [0.29, 0.717) is 38.5 Å². The number of rotatable bonds is 94. The molecule has 0 aromatic heterocycles. The van der Waals surface area contributed by atoms with Crippen LogP contribution in [0.25, 0.3) is 0 Å². The fraction of sp³-hybridized carbons (Fsp3) is 0.786. The predicted octanol–water partition coefficient (Wildman–Crippen LogP) is 34.9. The Labute approximate surface area is 824 Å². The average Bonchev–Trinajstić information content (AvgIpc) is 0.794. The maximum absolute atomic E-state index is 13.1. The van der Waals surface area contributed by atoms with Crippen LogP contribution < -0.4 is 0 Å². The molecular weight excluding hydrogens is 1670 g/mol. The van der Waals surface area contributed by atoms with Crippen LogP contribution in [0.5, 0.6) is 0 Å². The van der Waals surface area contributed by atoms with Crippen molar-refractivity contribution >= 4 is 81.9 Å². The molecule has 0 fully saturated rings. The fourth-order valence-electron chi connectivity index (χ4n) is 16.9. The first-order valence-corrected chi connectivity index (χ1v) is 56.9. The second-order valence-corrected chi connectivity index (χ2v) is 39.7. The minimum Gasteiger partial charge on any atom is -0.744 e. The van der Waals surface area contributed by atoms with Crippen molar-refractivity contribution < 1.29 is 64.1 Å². The van der Waals surface area contributed by atoms with Crippen LogP contribution in [0, 0.1) is 0 Å². The van der Waals surface area contributed by atoms with Crippen molar-refractivity contribution in [3.63, 3.8) is 0 Å². The summed E-state index contributed by atoms with van der Waals surface area (Å²) in [5.74, 6) is -3.72. The Bertz CT molecular complexity index is 3020. The van der Waals surface area contributed by atoms with Crippen molar-refractivity contribution in [3.05, 3.63) is 107 Å². The Morgan fingerprint density at radius 3 is 0.512 bits per heavy atom. The molecule has 740 valence electrons. The summed E-state index contributed by atoms with van der Waals surface area (Å²) in [4.78, 5) is 50.6. The molecule has 0 N–H and O–H groups in total. The van der Waals surface area contributed by atoms with Crippen molar-refractivity contribution in [1.29, 1.82) is 0 Å². The molecule has 14 nitrogen and oxygen atoms in total. The minimum absolute atomic E-state index is 0. The molecule has 17 heteroatoms. The van der Waals surface area contributed by atoms with Crippen LogP contribution in [0.15, 0.2) is 94.8 Å². The van der Waals surface area contributed by atoms with Crippen LogP contribution in [0.2, 0.25) is 0 Å². The first kappa shape index (κ1) is 125. The minimum atomic E-state index is -5.04. The second kappa shape index (κ2) is 96.1. The number of carbonyl (C=O) groups is 4. The third kappa shape index (κ3) is 80.2. The van der Waals surface area contributed by atoms with Crippen molar-refractivity contribution in [3.8, 4) is 0 Å². The monoisotopic (exact) mass is 1870 g/mol. The number of carbonyl (C=O) groups excluding carboxylic acids is 4. The van der Waals surface area contributed by atoms with Gasteiger partial charge in [0.15, 0.2) is 0 Å². The topological polar surface area (TPSA) is 220 Å². The standard InChI is InChI=1S/2C56H98O7S.Ca/c2*1-3-5-7-9-11-13-15-17-19-21-23-25-27-29-31-33-35-37-39-41-43-45-50-62-55(57)52-48-47-49-53(64(59,60)61)54(52)56(58)63-51-46-44-42-40-38-36-34-32-30-28-26-24-22-20-18-16-14-12-10-8-6-4-2;/h2*39-42,47-49H,3-38,43-46,50-51H2,1-2H3,(H,59,60,61);/q;;+2/p-2/b2*41-39+,42-40+;. The van der Waals surface area contributed by atoms with E-state index in [1.165, 1.54) is 461 Å². The van der Waals surface area contributed by atoms with E-state index in [0.717, 1.165) is 50.7 Å². The molecule has 0 heterocycles. The summed E-state index contributed by atoms with van der Waals surface area (Å²) in [5.41, 5.74) is -1.65. The maximum atomic E-state index is 13.1. The predicted molar refractivity (Wildman–Crippen MR) is 544 cm³/mol. The van der Waals surface area contributed by atoms with Gasteiger partial charge in [0.05, 0.1) is 58.5 Å². The number of unbranched alkanes of at least 4 members (excludes halogenated alkanes) is 72. The molecule has 0 saturated carbocycles. The summed E-state index contributed by atoms with van der Waals surface area (Å²) in [7, 11) is -10.1. The van der Waals surface area contributed by atoms with Gasteiger partial charge in [-0.3, -0.25) is 0 Å². The largest absolute Gasteiger partial charge is 2.00 e. The second-order valence-electron chi connectivity index (χ2n) is 37.0. The van der Waals surface area contributed by atoms with Gasteiger partial charge in [-0.15, -0.1) is 0 Å². The average molecular weight is 1870 g/mol. The summed E-state index contributed by atoms with van der Waals surface area (Å²) in [5, 5.41) is 0. The smallest absolute Gasteiger partial charge is 0.744 e. The van der Waals surface area contributed by atoms with Crippen LogP contribution in [0.3, 0.4) is 0 Å². The molecule has 2 aromatic rings. The molecule has 0 unspecified atom stereocenters. The molecule has 0 aliphatic carbocycles.